The number of alkyl halides is 1. The highest BCUT2D eigenvalue weighted by Crippen LogP contribution is 2.29. The minimum atomic E-state index is -0.430. The Balaban J connectivity index is 2.47. The molecule has 0 saturated carbocycles. The van der Waals surface area contributed by atoms with E-state index in [2.05, 4.69) is 30.3 Å². The number of benzene rings is 1. The molecule has 1 aromatic carbocycles. The molecule has 0 radical (unpaired) electrons. The minimum absolute atomic E-state index is 0.136. The second-order valence-electron chi connectivity index (χ2n) is 5.91. The lowest BCUT2D eigenvalue weighted by molar-refractivity contribution is 0.438. The Morgan fingerprint density at radius 3 is 2.57 bits per heavy atom. The zero-order valence-corrected chi connectivity index (χ0v) is 14.2. The van der Waals surface area contributed by atoms with Crippen LogP contribution in [0.25, 0.3) is 11.0 Å². The molecule has 2 nitrogen and oxygen atoms in total. The number of aromatic nitrogens is 2. The summed E-state index contributed by atoms with van der Waals surface area (Å²) in [5.74, 6) is 1.62. The van der Waals surface area contributed by atoms with Crippen molar-refractivity contribution in [2.75, 3.05) is 5.88 Å². The maximum atomic E-state index is 13.6. The maximum absolute atomic E-state index is 13.6. The summed E-state index contributed by atoms with van der Waals surface area (Å²) in [4.78, 5) is 4.53. The first-order valence-corrected chi connectivity index (χ1v) is 8.27. The lowest BCUT2D eigenvalue weighted by Gasteiger charge is -2.18. The molecule has 1 heterocycles. The van der Waals surface area contributed by atoms with E-state index in [4.69, 9.17) is 23.2 Å². The average molecular weight is 331 g/mol. The second kappa shape index (κ2) is 6.97. The lowest BCUT2D eigenvalue weighted by Crippen LogP contribution is -2.11. The van der Waals surface area contributed by atoms with Crippen molar-refractivity contribution < 1.29 is 4.39 Å². The Labute approximate surface area is 135 Å². The third-order valence-electron chi connectivity index (χ3n) is 3.73. The van der Waals surface area contributed by atoms with E-state index >= 15 is 0 Å². The number of halogens is 3. The van der Waals surface area contributed by atoms with Crippen LogP contribution in [0.1, 0.15) is 45.5 Å². The van der Waals surface area contributed by atoms with E-state index in [1.165, 1.54) is 6.07 Å². The Bertz CT molecular complexity index is 622. The van der Waals surface area contributed by atoms with Crippen molar-refractivity contribution in [2.45, 2.75) is 46.1 Å². The van der Waals surface area contributed by atoms with Crippen LogP contribution in [-0.2, 0) is 6.42 Å². The predicted molar refractivity (Wildman–Crippen MR) is 87.9 cm³/mol. The van der Waals surface area contributed by atoms with Crippen LogP contribution in [-0.4, -0.2) is 15.4 Å². The van der Waals surface area contributed by atoms with Gasteiger partial charge in [0.15, 0.2) is 0 Å². The highest BCUT2D eigenvalue weighted by atomic mass is 35.5. The van der Waals surface area contributed by atoms with Gasteiger partial charge in [0.2, 0.25) is 0 Å². The molecule has 21 heavy (non-hydrogen) atoms. The van der Waals surface area contributed by atoms with Gasteiger partial charge in [-0.3, -0.25) is 0 Å². The SMILES string of the molecule is CC(C)CCC(C)n1c(CCCl)nc2cc(F)c(Cl)cc21. The normalized spacial score (nSPS) is 13.3. The summed E-state index contributed by atoms with van der Waals surface area (Å²) in [7, 11) is 0. The van der Waals surface area contributed by atoms with Crippen LogP contribution in [0.15, 0.2) is 12.1 Å². The van der Waals surface area contributed by atoms with Gasteiger partial charge in [0.25, 0.3) is 0 Å². The van der Waals surface area contributed by atoms with Gasteiger partial charge in [0.1, 0.15) is 11.6 Å². The van der Waals surface area contributed by atoms with Gasteiger partial charge in [0, 0.05) is 24.4 Å². The Hall–Kier alpha value is -0.800. The molecule has 0 amide bonds. The van der Waals surface area contributed by atoms with Gasteiger partial charge in [-0.15, -0.1) is 11.6 Å². The summed E-state index contributed by atoms with van der Waals surface area (Å²) in [6.45, 7) is 6.59. The van der Waals surface area contributed by atoms with Crippen molar-refractivity contribution in [2.24, 2.45) is 5.92 Å². The predicted octanol–water partition coefficient (Wildman–Crippen LogP) is 5.61. The number of imidazole rings is 1. The summed E-state index contributed by atoms with van der Waals surface area (Å²) in [6.07, 6.45) is 2.85. The van der Waals surface area contributed by atoms with E-state index in [0.29, 0.717) is 23.7 Å². The van der Waals surface area contributed by atoms with Crippen molar-refractivity contribution in [1.29, 1.82) is 0 Å². The molecule has 0 spiro atoms. The molecule has 0 saturated heterocycles. The molecule has 5 heteroatoms. The molecule has 0 bridgehead atoms. The first kappa shape index (κ1) is 16.6. The number of nitrogens with zero attached hydrogens (tertiary/aromatic N) is 2. The minimum Gasteiger partial charge on any atom is -0.325 e. The maximum Gasteiger partial charge on any atom is 0.144 e. The summed E-state index contributed by atoms with van der Waals surface area (Å²) < 4.78 is 15.8. The molecule has 0 aliphatic heterocycles. The largest absolute Gasteiger partial charge is 0.325 e. The van der Waals surface area contributed by atoms with Crippen molar-refractivity contribution in [3.63, 3.8) is 0 Å². The fourth-order valence-corrected chi connectivity index (χ4v) is 2.92. The van der Waals surface area contributed by atoms with Gasteiger partial charge < -0.3 is 4.57 Å². The van der Waals surface area contributed by atoms with Gasteiger partial charge in [-0.05, 0) is 31.7 Å². The fourth-order valence-electron chi connectivity index (χ4n) is 2.60. The van der Waals surface area contributed by atoms with Crippen molar-refractivity contribution in [1.82, 2.24) is 9.55 Å². The zero-order valence-electron chi connectivity index (χ0n) is 12.7. The molecule has 116 valence electrons. The lowest BCUT2D eigenvalue weighted by atomic mass is 10.0. The molecule has 0 fully saturated rings. The van der Waals surface area contributed by atoms with E-state index in [-0.39, 0.29) is 11.1 Å². The topological polar surface area (TPSA) is 17.8 Å². The Morgan fingerprint density at radius 1 is 1.24 bits per heavy atom. The van der Waals surface area contributed by atoms with Crippen LogP contribution in [0.3, 0.4) is 0 Å². The smallest absolute Gasteiger partial charge is 0.144 e. The van der Waals surface area contributed by atoms with Crippen molar-refractivity contribution >= 4 is 34.2 Å². The zero-order chi connectivity index (χ0) is 15.6. The van der Waals surface area contributed by atoms with Gasteiger partial charge in [-0.1, -0.05) is 25.4 Å². The van der Waals surface area contributed by atoms with Gasteiger partial charge in [-0.2, -0.15) is 0 Å². The standard InChI is InChI=1S/C16H21Cl2FN2/c1-10(2)4-5-11(3)21-15-8-12(18)13(19)9-14(15)20-16(21)6-7-17/h8-11H,4-7H2,1-3H3. The number of fused-ring (bicyclic) bond motifs is 1. The molecule has 1 aromatic heterocycles. The van der Waals surface area contributed by atoms with E-state index < -0.39 is 5.82 Å². The number of rotatable bonds is 6. The van der Waals surface area contributed by atoms with E-state index in [1.54, 1.807) is 6.07 Å². The molecule has 2 rings (SSSR count). The molecular weight excluding hydrogens is 310 g/mol. The van der Waals surface area contributed by atoms with E-state index in [1.807, 2.05) is 0 Å². The van der Waals surface area contributed by atoms with Crippen molar-refractivity contribution in [3.05, 3.63) is 28.8 Å². The Morgan fingerprint density at radius 2 is 1.95 bits per heavy atom. The van der Waals surface area contributed by atoms with Gasteiger partial charge in [0.05, 0.1) is 16.1 Å². The molecule has 0 aliphatic rings. The van der Waals surface area contributed by atoms with Crippen LogP contribution >= 0.6 is 23.2 Å². The molecule has 2 aromatic rings. The van der Waals surface area contributed by atoms with Crippen molar-refractivity contribution in [3.8, 4) is 0 Å². The fraction of sp³-hybridized carbons (Fsp3) is 0.562. The van der Waals surface area contributed by atoms with Crippen LogP contribution in [0, 0.1) is 11.7 Å². The number of hydrogen-bond acceptors (Lipinski definition) is 1. The monoisotopic (exact) mass is 330 g/mol. The van der Waals surface area contributed by atoms with Gasteiger partial charge >= 0.3 is 0 Å². The molecule has 0 N–H and O–H groups in total. The molecule has 1 atom stereocenters. The van der Waals surface area contributed by atoms with Crippen LogP contribution in [0.4, 0.5) is 4.39 Å². The molecule has 1 unspecified atom stereocenters. The van der Waals surface area contributed by atoms with Gasteiger partial charge in [-0.25, -0.2) is 9.37 Å². The first-order chi connectivity index (χ1) is 9.93. The third-order valence-corrected chi connectivity index (χ3v) is 4.20. The summed E-state index contributed by atoms with van der Waals surface area (Å²) in [6, 6.07) is 3.36. The summed E-state index contributed by atoms with van der Waals surface area (Å²) in [5.41, 5.74) is 1.53. The highest BCUT2D eigenvalue weighted by Gasteiger charge is 2.17. The average Bonchev–Trinajstić information content (AvgIpc) is 2.74. The van der Waals surface area contributed by atoms with E-state index in [0.717, 1.165) is 24.2 Å². The highest BCUT2D eigenvalue weighted by molar-refractivity contribution is 6.31. The molecule has 0 aliphatic carbocycles. The summed E-state index contributed by atoms with van der Waals surface area (Å²) in [5, 5.41) is 0.136. The third kappa shape index (κ3) is 3.70. The molecular formula is C16H21Cl2FN2. The van der Waals surface area contributed by atoms with Crippen LogP contribution < -0.4 is 0 Å². The Kier molecular flexibility index (Phi) is 5.50. The number of hydrogen-bond donors (Lipinski definition) is 0. The van der Waals surface area contributed by atoms with E-state index in [9.17, 15) is 4.39 Å². The van der Waals surface area contributed by atoms with Crippen LogP contribution in [0.2, 0.25) is 5.02 Å². The quantitative estimate of drug-likeness (QED) is 0.629. The first-order valence-electron chi connectivity index (χ1n) is 7.35. The summed E-state index contributed by atoms with van der Waals surface area (Å²) >= 11 is 11.8. The van der Waals surface area contributed by atoms with Crippen LogP contribution in [0.5, 0.6) is 0 Å². The second-order valence-corrected chi connectivity index (χ2v) is 6.70. The number of aryl methyl sites for hydroxylation is 1.